The van der Waals surface area contributed by atoms with Gasteiger partial charge in [0.2, 0.25) is 0 Å². The molecule has 0 aromatic heterocycles. The van der Waals surface area contributed by atoms with E-state index in [-0.39, 0.29) is 5.57 Å². The minimum Gasteiger partial charge on any atom is -0.355 e. The van der Waals surface area contributed by atoms with Crippen LogP contribution in [0, 0.1) is 22.7 Å². The lowest BCUT2D eigenvalue weighted by molar-refractivity contribution is 1.13. The highest BCUT2D eigenvalue weighted by Crippen LogP contribution is 2.19. The SMILES string of the molecule is N#CC(C#N)=C1NC=CCS1. The maximum Gasteiger partial charge on any atom is 0.159 e. The topological polar surface area (TPSA) is 59.6 Å². The van der Waals surface area contributed by atoms with Gasteiger partial charge in [-0.25, -0.2) is 0 Å². The molecule has 4 heteroatoms. The summed E-state index contributed by atoms with van der Waals surface area (Å²) in [6.07, 6.45) is 3.67. The summed E-state index contributed by atoms with van der Waals surface area (Å²) in [5, 5.41) is 20.4. The van der Waals surface area contributed by atoms with Gasteiger partial charge in [0.15, 0.2) is 5.57 Å². The van der Waals surface area contributed by atoms with E-state index in [2.05, 4.69) is 5.32 Å². The zero-order chi connectivity index (χ0) is 8.10. The molecule has 0 amide bonds. The molecular weight excluding hydrogens is 158 g/mol. The highest BCUT2D eigenvalue weighted by atomic mass is 32.2. The van der Waals surface area contributed by atoms with Gasteiger partial charge in [0.05, 0.1) is 0 Å². The van der Waals surface area contributed by atoms with Crippen molar-refractivity contribution < 1.29 is 0 Å². The first-order valence-corrected chi connectivity index (χ1v) is 3.96. The van der Waals surface area contributed by atoms with E-state index in [0.717, 1.165) is 5.75 Å². The number of allylic oxidation sites excluding steroid dienone is 1. The quantitative estimate of drug-likeness (QED) is 0.543. The smallest absolute Gasteiger partial charge is 0.159 e. The predicted octanol–water partition coefficient (Wildman–Crippen LogP) is 1.10. The Morgan fingerprint density at radius 3 is 2.73 bits per heavy atom. The number of rotatable bonds is 0. The molecule has 0 aromatic carbocycles. The molecule has 54 valence electrons. The lowest BCUT2D eigenvalue weighted by Gasteiger charge is -2.08. The average molecular weight is 163 g/mol. The summed E-state index contributed by atoms with van der Waals surface area (Å²) in [7, 11) is 0. The average Bonchev–Trinajstić information content (AvgIpc) is 2.09. The molecule has 3 nitrogen and oxygen atoms in total. The van der Waals surface area contributed by atoms with Crippen molar-refractivity contribution in [2.45, 2.75) is 0 Å². The van der Waals surface area contributed by atoms with Crippen LogP contribution in [0.5, 0.6) is 0 Å². The zero-order valence-corrected chi connectivity index (χ0v) is 6.48. The van der Waals surface area contributed by atoms with E-state index in [1.807, 2.05) is 18.2 Å². The molecule has 0 aliphatic carbocycles. The van der Waals surface area contributed by atoms with Crippen molar-refractivity contribution in [3.8, 4) is 12.1 Å². The van der Waals surface area contributed by atoms with Crippen molar-refractivity contribution >= 4 is 11.8 Å². The number of hydrogen-bond donors (Lipinski definition) is 1. The molecule has 0 fully saturated rings. The van der Waals surface area contributed by atoms with Gasteiger partial charge in [-0.2, -0.15) is 10.5 Å². The summed E-state index contributed by atoms with van der Waals surface area (Å²) < 4.78 is 0. The van der Waals surface area contributed by atoms with Gasteiger partial charge in [-0.3, -0.25) is 0 Å². The summed E-state index contributed by atoms with van der Waals surface area (Å²) in [4.78, 5) is 0. The van der Waals surface area contributed by atoms with Crippen molar-refractivity contribution in [1.82, 2.24) is 5.32 Å². The Morgan fingerprint density at radius 2 is 2.27 bits per heavy atom. The van der Waals surface area contributed by atoms with Crippen molar-refractivity contribution in [3.63, 3.8) is 0 Å². The van der Waals surface area contributed by atoms with E-state index in [1.54, 1.807) is 6.20 Å². The molecule has 0 saturated carbocycles. The molecule has 0 atom stereocenters. The Kier molecular flexibility index (Phi) is 2.59. The lowest BCUT2D eigenvalue weighted by atomic mass is 10.3. The zero-order valence-electron chi connectivity index (χ0n) is 5.66. The largest absolute Gasteiger partial charge is 0.355 e. The minimum atomic E-state index is 0.152. The van der Waals surface area contributed by atoms with Crippen molar-refractivity contribution in [2.24, 2.45) is 0 Å². The summed E-state index contributed by atoms with van der Waals surface area (Å²) in [5.41, 5.74) is 0.152. The maximum atomic E-state index is 8.47. The molecule has 11 heavy (non-hydrogen) atoms. The van der Waals surface area contributed by atoms with Crippen LogP contribution in [-0.4, -0.2) is 5.75 Å². The molecule has 1 N–H and O–H groups in total. The molecule has 1 aliphatic heterocycles. The number of nitrogens with one attached hydrogen (secondary N) is 1. The van der Waals surface area contributed by atoms with E-state index >= 15 is 0 Å². The molecule has 0 saturated heterocycles. The van der Waals surface area contributed by atoms with Crippen molar-refractivity contribution in [1.29, 1.82) is 10.5 Å². The molecule has 1 aliphatic rings. The lowest BCUT2D eigenvalue weighted by Crippen LogP contribution is -2.08. The monoisotopic (exact) mass is 163 g/mol. The third kappa shape index (κ3) is 1.76. The second-order valence-corrected chi connectivity index (χ2v) is 2.82. The van der Waals surface area contributed by atoms with Gasteiger partial charge in [-0.1, -0.05) is 6.08 Å². The predicted molar refractivity (Wildman–Crippen MR) is 43.0 cm³/mol. The van der Waals surface area contributed by atoms with E-state index < -0.39 is 0 Å². The van der Waals surface area contributed by atoms with Crippen LogP contribution in [-0.2, 0) is 0 Å². The number of nitrogens with zero attached hydrogens (tertiary/aromatic N) is 2. The molecule has 1 heterocycles. The van der Waals surface area contributed by atoms with Crippen LogP contribution in [0.15, 0.2) is 22.9 Å². The first kappa shape index (κ1) is 7.71. The molecule has 0 bridgehead atoms. The second kappa shape index (κ2) is 3.70. The van der Waals surface area contributed by atoms with Gasteiger partial charge in [0, 0.05) is 5.75 Å². The summed E-state index contributed by atoms with van der Waals surface area (Å²) >= 11 is 1.46. The fourth-order valence-corrected chi connectivity index (χ4v) is 1.37. The minimum absolute atomic E-state index is 0.152. The number of hydrogen-bond acceptors (Lipinski definition) is 4. The van der Waals surface area contributed by atoms with Gasteiger partial charge in [-0.05, 0) is 6.20 Å². The maximum absolute atomic E-state index is 8.47. The van der Waals surface area contributed by atoms with Crippen LogP contribution in [0.25, 0.3) is 0 Å². The molecule has 1 rings (SSSR count). The van der Waals surface area contributed by atoms with Crippen LogP contribution in [0.3, 0.4) is 0 Å². The first-order valence-electron chi connectivity index (χ1n) is 2.97. The van der Waals surface area contributed by atoms with Crippen LogP contribution >= 0.6 is 11.8 Å². The fourth-order valence-electron chi connectivity index (χ4n) is 0.627. The van der Waals surface area contributed by atoms with Crippen LogP contribution in [0.2, 0.25) is 0 Å². The van der Waals surface area contributed by atoms with E-state index in [0.29, 0.717) is 5.03 Å². The Hall–Kier alpha value is -1.39. The number of thioether (sulfide) groups is 1. The number of nitriles is 2. The Balaban J connectivity index is 2.89. The summed E-state index contributed by atoms with van der Waals surface area (Å²) in [5.74, 6) is 0.815. The Morgan fingerprint density at radius 1 is 1.55 bits per heavy atom. The fraction of sp³-hybridized carbons (Fsp3) is 0.143. The molecule has 0 radical (unpaired) electrons. The van der Waals surface area contributed by atoms with Gasteiger partial charge < -0.3 is 5.32 Å². The van der Waals surface area contributed by atoms with Gasteiger partial charge >= 0.3 is 0 Å². The Labute approximate surface area is 69.0 Å². The first-order chi connectivity index (χ1) is 5.38. The van der Waals surface area contributed by atoms with E-state index in [9.17, 15) is 0 Å². The summed E-state index contributed by atoms with van der Waals surface area (Å²) in [6.45, 7) is 0. The van der Waals surface area contributed by atoms with Gasteiger partial charge in [-0.15, -0.1) is 11.8 Å². The molecule has 0 aromatic rings. The highest BCUT2D eigenvalue weighted by molar-refractivity contribution is 8.03. The van der Waals surface area contributed by atoms with Crippen molar-refractivity contribution in [2.75, 3.05) is 5.75 Å². The molecule has 0 spiro atoms. The van der Waals surface area contributed by atoms with Crippen LogP contribution in [0.1, 0.15) is 0 Å². The van der Waals surface area contributed by atoms with E-state index in [4.69, 9.17) is 10.5 Å². The van der Waals surface area contributed by atoms with E-state index in [1.165, 1.54) is 11.8 Å². The molecular formula is C7H5N3S. The highest BCUT2D eigenvalue weighted by Gasteiger charge is 2.06. The third-order valence-electron chi connectivity index (χ3n) is 1.11. The Bertz CT molecular complexity index is 274. The van der Waals surface area contributed by atoms with Crippen LogP contribution < -0.4 is 5.32 Å². The normalized spacial score (nSPS) is 14.5. The standard InChI is InChI=1S/C7H5N3S/c8-4-6(5-9)7-10-2-1-3-11-7/h1-2,10H,3H2. The third-order valence-corrected chi connectivity index (χ3v) is 2.08. The van der Waals surface area contributed by atoms with Gasteiger partial charge in [0.1, 0.15) is 17.2 Å². The molecule has 0 unspecified atom stereocenters. The van der Waals surface area contributed by atoms with Crippen molar-refractivity contribution in [3.05, 3.63) is 22.9 Å². The van der Waals surface area contributed by atoms with Crippen LogP contribution in [0.4, 0.5) is 0 Å². The summed E-state index contributed by atoms with van der Waals surface area (Å²) in [6, 6.07) is 3.65. The van der Waals surface area contributed by atoms with Gasteiger partial charge in [0.25, 0.3) is 0 Å². The second-order valence-electron chi connectivity index (χ2n) is 1.79.